The van der Waals surface area contributed by atoms with Crippen LogP contribution in [0, 0.1) is 0 Å². The van der Waals surface area contributed by atoms with E-state index < -0.39 is 0 Å². The number of rotatable bonds is 6. The molecule has 144 valence electrons. The van der Waals surface area contributed by atoms with Gasteiger partial charge in [0.15, 0.2) is 5.96 Å². The maximum Gasteiger partial charge on any atom is 0.229 e. The van der Waals surface area contributed by atoms with Gasteiger partial charge in [-0.25, -0.2) is 0 Å². The summed E-state index contributed by atoms with van der Waals surface area (Å²) < 4.78 is 0. The van der Waals surface area contributed by atoms with Gasteiger partial charge in [0.05, 0.1) is 6.04 Å². The van der Waals surface area contributed by atoms with Crippen molar-refractivity contribution in [2.24, 2.45) is 4.99 Å². The standard InChI is InChI=1S/C20H25N5O.HI/c1-2-21-20(23-13-11-16-8-6-7-12-22-16)24-17-14-19(26)25(15-17)18-9-4-3-5-10-18;/h3-10,12,17H,2,11,13-15H2,1H3,(H2,21,23,24);1H. The topological polar surface area (TPSA) is 69.6 Å². The van der Waals surface area contributed by atoms with Crippen molar-refractivity contribution in [1.29, 1.82) is 0 Å². The van der Waals surface area contributed by atoms with Gasteiger partial charge in [-0.05, 0) is 31.2 Å². The lowest BCUT2D eigenvalue weighted by molar-refractivity contribution is -0.117. The molecular formula is C20H26IN5O. The highest BCUT2D eigenvalue weighted by molar-refractivity contribution is 14.0. The molecule has 2 N–H and O–H groups in total. The van der Waals surface area contributed by atoms with Crippen molar-refractivity contribution in [3.05, 3.63) is 60.4 Å². The molecule has 1 amide bonds. The van der Waals surface area contributed by atoms with Gasteiger partial charge >= 0.3 is 0 Å². The van der Waals surface area contributed by atoms with E-state index in [1.807, 2.05) is 60.4 Å². The molecule has 1 aliphatic heterocycles. The Morgan fingerprint density at radius 2 is 2.00 bits per heavy atom. The number of carbonyl (C=O) groups is 1. The third-order valence-electron chi connectivity index (χ3n) is 4.24. The lowest BCUT2D eigenvalue weighted by atomic mass is 10.2. The quantitative estimate of drug-likeness (QED) is 0.380. The van der Waals surface area contributed by atoms with E-state index in [9.17, 15) is 4.79 Å². The number of amides is 1. The van der Waals surface area contributed by atoms with Crippen LogP contribution in [0.25, 0.3) is 0 Å². The van der Waals surface area contributed by atoms with E-state index in [4.69, 9.17) is 0 Å². The second kappa shape index (κ2) is 10.9. The maximum absolute atomic E-state index is 12.3. The van der Waals surface area contributed by atoms with Crippen LogP contribution in [0.15, 0.2) is 59.7 Å². The van der Waals surface area contributed by atoms with E-state index in [0.717, 1.165) is 30.3 Å². The van der Waals surface area contributed by atoms with Crippen molar-refractivity contribution in [2.45, 2.75) is 25.8 Å². The molecule has 6 nitrogen and oxygen atoms in total. The first kappa shape index (κ1) is 21.1. The van der Waals surface area contributed by atoms with Crippen molar-refractivity contribution in [2.75, 3.05) is 24.5 Å². The molecule has 1 saturated heterocycles. The minimum absolute atomic E-state index is 0. The molecule has 1 aromatic carbocycles. The van der Waals surface area contributed by atoms with Crippen LogP contribution in [0.4, 0.5) is 5.69 Å². The Hall–Kier alpha value is -2.16. The number of carbonyl (C=O) groups excluding carboxylic acids is 1. The number of nitrogens with one attached hydrogen (secondary N) is 2. The SMILES string of the molecule is CCNC(=NCCc1ccccn1)NC1CC(=O)N(c2ccccc2)C1.I. The number of guanidine groups is 1. The molecule has 1 atom stereocenters. The number of pyridine rings is 1. The highest BCUT2D eigenvalue weighted by Crippen LogP contribution is 2.20. The van der Waals surface area contributed by atoms with E-state index in [1.165, 1.54) is 0 Å². The number of nitrogens with zero attached hydrogens (tertiary/aromatic N) is 3. The molecule has 0 bridgehead atoms. The molecule has 0 radical (unpaired) electrons. The molecule has 2 heterocycles. The summed E-state index contributed by atoms with van der Waals surface area (Å²) in [6.07, 6.45) is 3.06. The molecule has 0 saturated carbocycles. The van der Waals surface area contributed by atoms with Gasteiger partial charge in [-0.15, -0.1) is 24.0 Å². The Labute approximate surface area is 177 Å². The van der Waals surface area contributed by atoms with Crippen molar-refractivity contribution >= 4 is 41.5 Å². The zero-order valence-electron chi connectivity index (χ0n) is 15.5. The van der Waals surface area contributed by atoms with Gasteiger partial charge in [0, 0.05) is 50.1 Å². The molecule has 1 fully saturated rings. The van der Waals surface area contributed by atoms with Gasteiger partial charge in [0.25, 0.3) is 0 Å². The molecule has 2 aromatic rings. The van der Waals surface area contributed by atoms with Gasteiger partial charge in [-0.2, -0.15) is 0 Å². The normalized spacial score (nSPS) is 16.8. The average molecular weight is 479 g/mol. The summed E-state index contributed by atoms with van der Waals surface area (Å²) in [5.74, 6) is 0.883. The number of para-hydroxylation sites is 1. The van der Waals surface area contributed by atoms with Gasteiger partial charge in [-0.1, -0.05) is 24.3 Å². The van der Waals surface area contributed by atoms with Crippen molar-refractivity contribution in [3.63, 3.8) is 0 Å². The first-order valence-electron chi connectivity index (χ1n) is 9.06. The second-order valence-corrected chi connectivity index (χ2v) is 6.22. The Bertz CT molecular complexity index is 739. The zero-order chi connectivity index (χ0) is 18.2. The van der Waals surface area contributed by atoms with Crippen LogP contribution in [-0.4, -0.2) is 42.5 Å². The van der Waals surface area contributed by atoms with Gasteiger partial charge in [0.2, 0.25) is 5.91 Å². The van der Waals surface area contributed by atoms with E-state index in [1.54, 1.807) is 6.20 Å². The third kappa shape index (κ3) is 6.20. The predicted molar refractivity (Wildman–Crippen MR) is 120 cm³/mol. The lowest BCUT2D eigenvalue weighted by Crippen LogP contribution is -2.44. The average Bonchev–Trinajstić information content (AvgIpc) is 3.03. The smallest absolute Gasteiger partial charge is 0.229 e. The zero-order valence-corrected chi connectivity index (χ0v) is 17.8. The maximum atomic E-state index is 12.3. The van der Waals surface area contributed by atoms with Crippen molar-refractivity contribution < 1.29 is 4.79 Å². The molecule has 1 aromatic heterocycles. The van der Waals surface area contributed by atoms with Crippen molar-refractivity contribution in [1.82, 2.24) is 15.6 Å². The lowest BCUT2D eigenvalue weighted by Gasteiger charge is -2.19. The highest BCUT2D eigenvalue weighted by Gasteiger charge is 2.30. The molecular weight excluding hydrogens is 453 g/mol. The summed E-state index contributed by atoms with van der Waals surface area (Å²) in [6, 6.07) is 15.7. The molecule has 1 unspecified atom stereocenters. The van der Waals surface area contributed by atoms with Crippen LogP contribution in [-0.2, 0) is 11.2 Å². The molecule has 1 aliphatic rings. The van der Waals surface area contributed by atoms with E-state index in [-0.39, 0.29) is 35.9 Å². The summed E-state index contributed by atoms with van der Waals surface area (Å²) in [6.45, 7) is 4.10. The Balaban J connectivity index is 0.00000261. The van der Waals surface area contributed by atoms with Gasteiger partial charge in [0.1, 0.15) is 0 Å². The third-order valence-corrected chi connectivity index (χ3v) is 4.24. The monoisotopic (exact) mass is 479 g/mol. The number of benzene rings is 1. The highest BCUT2D eigenvalue weighted by atomic mass is 127. The Morgan fingerprint density at radius 3 is 2.70 bits per heavy atom. The summed E-state index contributed by atoms with van der Waals surface area (Å²) >= 11 is 0. The summed E-state index contributed by atoms with van der Waals surface area (Å²) in [5, 5.41) is 6.64. The summed E-state index contributed by atoms with van der Waals surface area (Å²) in [5.41, 5.74) is 1.97. The fraction of sp³-hybridized carbons (Fsp3) is 0.350. The van der Waals surface area contributed by atoms with Crippen LogP contribution < -0.4 is 15.5 Å². The number of hydrogen-bond donors (Lipinski definition) is 2. The first-order chi connectivity index (χ1) is 12.8. The van der Waals surface area contributed by atoms with Crippen molar-refractivity contribution in [3.8, 4) is 0 Å². The fourth-order valence-corrected chi connectivity index (χ4v) is 3.00. The summed E-state index contributed by atoms with van der Waals surface area (Å²) in [4.78, 5) is 23.1. The van der Waals surface area contributed by atoms with Gasteiger partial charge in [-0.3, -0.25) is 14.8 Å². The minimum Gasteiger partial charge on any atom is -0.357 e. The van der Waals surface area contributed by atoms with Gasteiger partial charge < -0.3 is 15.5 Å². The number of halogens is 1. The molecule has 3 rings (SSSR count). The molecule has 7 heteroatoms. The van der Waals surface area contributed by atoms with Crippen LogP contribution >= 0.6 is 24.0 Å². The van der Waals surface area contributed by atoms with Crippen LogP contribution in [0.1, 0.15) is 19.0 Å². The van der Waals surface area contributed by atoms with Crippen LogP contribution in [0.5, 0.6) is 0 Å². The molecule has 27 heavy (non-hydrogen) atoms. The number of aliphatic imine (C=N–C) groups is 1. The van der Waals surface area contributed by atoms with E-state index in [2.05, 4.69) is 20.6 Å². The Morgan fingerprint density at radius 1 is 1.22 bits per heavy atom. The van der Waals surface area contributed by atoms with E-state index in [0.29, 0.717) is 19.5 Å². The predicted octanol–water partition coefficient (Wildman–Crippen LogP) is 2.60. The Kier molecular flexibility index (Phi) is 8.50. The minimum atomic E-state index is 0. The molecule has 0 spiro atoms. The van der Waals surface area contributed by atoms with Crippen LogP contribution in [0.2, 0.25) is 0 Å². The number of hydrogen-bond acceptors (Lipinski definition) is 3. The number of anilines is 1. The van der Waals surface area contributed by atoms with Crippen LogP contribution in [0.3, 0.4) is 0 Å². The largest absolute Gasteiger partial charge is 0.357 e. The number of aromatic nitrogens is 1. The second-order valence-electron chi connectivity index (χ2n) is 6.22. The fourth-order valence-electron chi connectivity index (χ4n) is 3.00. The first-order valence-corrected chi connectivity index (χ1v) is 9.06. The molecule has 0 aliphatic carbocycles. The van der Waals surface area contributed by atoms with E-state index >= 15 is 0 Å². The summed E-state index contributed by atoms with van der Waals surface area (Å²) in [7, 11) is 0.